The van der Waals surface area contributed by atoms with Gasteiger partial charge in [0.2, 0.25) is 0 Å². The lowest BCUT2D eigenvalue weighted by Crippen LogP contribution is -1.99. The molecule has 128 valence electrons. The predicted octanol–water partition coefficient (Wildman–Crippen LogP) is 4.27. The summed E-state index contributed by atoms with van der Waals surface area (Å²) in [5.41, 5.74) is 0. The molecule has 0 aliphatic heterocycles. The Morgan fingerprint density at radius 3 is 2.26 bits per heavy atom. The number of rotatable bonds is 11. The van der Waals surface area contributed by atoms with Gasteiger partial charge in [0, 0.05) is 11.8 Å². The van der Waals surface area contributed by atoms with Crippen LogP contribution in [0.5, 0.6) is 0 Å². The fourth-order valence-electron chi connectivity index (χ4n) is 2.22. The smallest absolute Gasteiger partial charge is 0.305 e. The minimum absolute atomic E-state index is 0.144. The van der Waals surface area contributed by atoms with E-state index < -0.39 is 9.84 Å². The number of sulfone groups is 1. The third-order valence-electron chi connectivity index (χ3n) is 3.58. The van der Waals surface area contributed by atoms with Crippen LogP contribution in [-0.4, -0.2) is 21.5 Å². The molecule has 0 bridgehead atoms. The van der Waals surface area contributed by atoms with Crippen molar-refractivity contribution in [3.63, 3.8) is 0 Å². The maximum absolute atomic E-state index is 12.0. The molecule has 0 heterocycles. The highest BCUT2D eigenvalue weighted by Crippen LogP contribution is 2.13. The van der Waals surface area contributed by atoms with Crippen LogP contribution in [0.3, 0.4) is 0 Å². The van der Waals surface area contributed by atoms with Crippen LogP contribution >= 0.6 is 0 Å². The molecule has 4 nitrogen and oxygen atoms in total. The number of benzene rings is 1. The maximum atomic E-state index is 12.0. The zero-order chi connectivity index (χ0) is 17.0. The van der Waals surface area contributed by atoms with E-state index in [1.807, 2.05) is 0 Å². The molecule has 0 aliphatic carbocycles. The van der Waals surface area contributed by atoms with E-state index in [0.29, 0.717) is 11.3 Å². The monoisotopic (exact) mass is 338 g/mol. The zero-order valence-electron chi connectivity index (χ0n) is 13.7. The average molecular weight is 338 g/mol. The average Bonchev–Trinajstić information content (AvgIpc) is 2.57. The Morgan fingerprint density at radius 2 is 1.61 bits per heavy atom. The Kier molecular flexibility index (Phi) is 9.29. The summed E-state index contributed by atoms with van der Waals surface area (Å²) in [5, 5.41) is 1.30. The molecule has 0 saturated carbocycles. The van der Waals surface area contributed by atoms with Crippen LogP contribution in [0, 0.1) is 0 Å². The van der Waals surface area contributed by atoms with Gasteiger partial charge in [-0.3, -0.25) is 4.79 Å². The Labute approximate surface area is 139 Å². The summed E-state index contributed by atoms with van der Waals surface area (Å²) in [6, 6.07) is 8.46. The van der Waals surface area contributed by atoms with E-state index >= 15 is 0 Å². The highest BCUT2D eigenvalue weighted by Gasteiger charge is 2.08. The van der Waals surface area contributed by atoms with Crippen molar-refractivity contribution >= 4 is 15.8 Å². The van der Waals surface area contributed by atoms with Gasteiger partial charge in [-0.2, -0.15) is 0 Å². The Hall–Kier alpha value is -1.62. The molecule has 0 amide bonds. The molecule has 23 heavy (non-hydrogen) atoms. The van der Waals surface area contributed by atoms with Gasteiger partial charge in [0.05, 0.1) is 12.0 Å². The van der Waals surface area contributed by atoms with E-state index in [1.165, 1.54) is 12.5 Å². The molecule has 0 radical (unpaired) electrons. The minimum atomic E-state index is -3.30. The first-order valence-electron chi connectivity index (χ1n) is 8.10. The summed E-state index contributed by atoms with van der Waals surface area (Å²) in [6.45, 7) is 0. The second kappa shape index (κ2) is 11.0. The topological polar surface area (TPSA) is 60.4 Å². The van der Waals surface area contributed by atoms with Crippen LogP contribution in [0.15, 0.2) is 46.7 Å². The summed E-state index contributed by atoms with van der Waals surface area (Å²) < 4.78 is 28.6. The quantitative estimate of drug-likeness (QED) is 0.446. The van der Waals surface area contributed by atoms with Gasteiger partial charge in [0.25, 0.3) is 0 Å². The second-order valence-electron chi connectivity index (χ2n) is 5.47. The van der Waals surface area contributed by atoms with Gasteiger partial charge in [0.15, 0.2) is 9.84 Å². The third kappa shape index (κ3) is 8.55. The summed E-state index contributed by atoms with van der Waals surface area (Å²) in [6.07, 6.45) is 9.19. The number of esters is 1. The number of methoxy groups -OCH3 is 1. The summed E-state index contributed by atoms with van der Waals surface area (Å²) >= 11 is 0. The number of unbranched alkanes of at least 4 members (excludes halogenated alkanes) is 6. The molecule has 0 atom stereocenters. The number of carbonyl (C=O) groups is 1. The van der Waals surface area contributed by atoms with E-state index in [0.717, 1.165) is 44.9 Å². The summed E-state index contributed by atoms with van der Waals surface area (Å²) in [5.74, 6) is -0.144. The van der Waals surface area contributed by atoms with Crippen molar-refractivity contribution in [2.75, 3.05) is 7.11 Å². The SMILES string of the molecule is COC(=O)CCCCCCCC/C=C/S(=O)(=O)c1ccccc1. The van der Waals surface area contributed by atoms with Crippen molar-refractivity contribution in [1.82, 2.24) is 0 Å². The van der Waals surface area contributed by atoms with Gasteiger partial charge in [-0.15, -0.1) is 0 Å². The molecule has 0 aliphatic rings. The lowest BCUT2D eigenvalue weighted by atomic mass is 10.1. The molecule has 0 spiro atoms. The Morgan fingerprint density at radius 1 is 1.00 bits per heavy atom. The molecular weight excluding hydrogens is 312 g/mol. The van der Waals surface area contributed by atoms with Crippen LogP contribution in [0.2, 0.25) is 0 Å². The second-order valence-corrected chi connectivity index (χ2v) is 7.30. The number of hydrogen-bond acceptors (Lipinski definition) is 4. The van der Waals surface area contributed by atoms with Gasteiger partial charge in [-0.1, -0.05) is 50.0 Å². The minimum Gasteiger partial charge on any atom is -0.469 e. The molecule has 0 saturated heterocycles. The van der Waals surface area contributed by atoms with Gasteiger partial charge in [-0.25, -0.2) is 8.42 Å². The molecule has 5 heteroatoms. The van der Waals surface area contributed by atoms with Gasteiger partial charge in [0.1, 0.15) is 0 Å². The van der Waals surface area contributed by atoms with Crippen molar-refractivity contribution < 1.29 is 17.9 Å². The van der Waals surface area contributed by atoms with Crippen LogP contribution in [-0.2, 0) is 19.4 Å². The zero-order valence-corrected chi connectivity index (χ0v) is 14.6. The molecular formula is C18H26O4S. The molecule has 0 unspecified atom stereocenters. The normalized spacial score (nSPS) is 11.7. The molecule has 1 aromatic carbocycles. The predicted molar refractivity (Wildman–Crippen MR) is 91.7 cm³/mol. The van der Waals surface area contributed by atoms with E-state index in [1.54, 1.807) is 36.4 Å². The van der Waals surface area contributed by atoms with Crippen molar-refractivity contribution in [3.05, 3.63) is 41.8 Å². The van der Waals surface area contributed by atoms with Crippen molar-refractivity contribution in [1.29, 1.82) is 0 Å². The molecule has 0 fully saturated rings. The number of ether oxygens (including phenoxy) is 1. The molecule has 1 rings (SSSR count). The van der Waals surface area contributed by atoms with Crippen LogP contribution < -0.4 is 0 Å². The third-order valence-corrected chi connectivity index (χ3v) is 5.06. The Bertz CT molecular complexity index is 576. The molecule has 0 N–H and O–H groups in total. The molecule has 1 aromatic rings. The summed E-state index contributed by atoms with van der Waals surface area (Å²) in [7, 11) is -1.89. The van der Waals surface area contributed by atoms with Gasteiger partial charge < -0.3 is 4.74 Å². The Balaban J connectivity index is 2.10. The van der Waals surface area contributed by atoms with Gasteiger partial charge >= 0.3 is 5.97 Å². The van der Waals surface area contributed by atoms with Gasteiger partial charge in [-0.05, 0) is 31.4 Å². The number of carbonyl (C=O) groups excluding carboxylic acids is 1. The van der Waals surface area contributed by atoms with Crippen molar-refractivity contribution in [2.45, 2.75) is 56.3 Å². The first-order valence-corrected chi connectivity index (χ1v) is 9.64. The fraction of sp³-hybridized carbons (Fsp3) is 0.500. The van der Waals surface area contributed by atoms with Crippen LogP contribution in [0.25, 0.3) is 0 Å². The van der Waals surface area contributed by atoms with Crippen molar-refractivity contribution in [2.24, 2.45) is 0 Å². The largest absolute Gasteiger partial charge is 0.469 e. The lowest BCUT2D eigenvalue weighted by Gasteiger charge is -2.01. The molecule has 0 aromatic heterocycles. The highest BCUT2D eigenvalue weighted by atomic mass is 32.2. The van der Waals surface area contributed by atoms with E-state index in [-0.39, 0.29) is 5.97 Å². The number of hydrogen-bond donors (Lipinski definition) is 0. The van der Waals surface area contributed by atoms with Crippen molar-refractivity contribution in [3.8, 4) is 0 Å². The van der Waals surface area contributed by atoms with E-state index in [9.17, 15) is 13.2 Å². The highest BCUT2D eigenvalue weighted by molar-refractivity contribution is 7.94. The first-order chi connectivity index (χ1) is 11.1. The van der Waals surface area contributed by atoms with Crippen LogP contribution in [0.1, 0.15) is 51.4 Å². The van der Waals surface area contributed by atoms with E-state index in [2.05, 4.69) is 4.74 Å². The lowest BCUT2D eigenvalue weighted by molar-refractivity contribution is -0.140. The standard InChI is InChI=1S/C18H26O4S/c1-22-18(19)15-11-6-4-2-3-5-7-12-16-23(20,21)17-13-9-8-10-14-17/h8-10,12-14,16H,2-7,11,15H2,1H3/b16-12+. The fourth-order valence-corrected chi connectivity index (χ4v) is 3.31. The first kappa shape index (κ1) is 19.4. The summed E-state index contributed by atoms with van der Waals surface area (Å²) in [4.78, 5) is 11.3. The van der Waals surface area contributed by atoms with E-state index in [4.69, 9.17) is 0 Å². The maximum Gasteiger partial charge on any atom is 0.305 e. The van der Waals surface area contributed by atoms with Crippen LogP contribution in [0.4, 0.5) is 0 Å². The number of allylic oxidation sites excluding steroid dienone is 1.